The van der Waals surface area contributed by atoms with Gasteiger partial charge < -0.3 is 5.11 Å². The summed E-state index contributed by atoms with van der Waals surface area (Å²) in [5, 5.41) is 18.2. The Bertz CT molecular complexity index is 402. The number of aromatic hydroxyl groups is 1. The number of hydrogen-bond donors (Lipinski definition) is 1. The smallest absolute Gasteiger partial charge is 0.163 e. The number of phenolic OH excluding ortho intramolecular Hbond substituents is 1. The van der Waals surface area contributed by atoms with E-state index in [9.17, 15) is 9.90 Å². The fourth-order valence-electron chi connectivity index (χ4n) is 1.12. The highest BCUT2D eigenvalue weighted by Gasteiger charge is 2.12. The molecule has 0 radical (unpaired) electrons. The lowest BCUT2D eigenvalue weighted by molar-refractivity contribution is 0.101. The van der Waals surface area contributed by atoms with E-state index in [2.05, 4.69) is 0 Å². The summed E-state index contributed by atoms with van der Waals surface area (Å²) in [4.78, 5) is 11.0. The van der Waals surface area contributed by atoms with Gasteiger partial charge in [0.1, 0.15) is 11.8 Å². The summed E-state index contributed by atoms with van der Waals surface area (Å²) < 4.78 is 0. The van der Waals surface area contributed by atoms with Gasteiger partial charge in [0.15, 0.2) is 5.78 Å². The Labute approximate surface area is 76.2 Å². The van der Waals surface area contributed by atoms with E-state index in [-0.39, 0.29) is 22.7 Å². The van der Waals surface area contributed by atoms with Gasteiger partial charge >= 0.3 is 0 Å². The Kier molecular flexibility index (Phi) is 2.34. The molecule has 1 aromatic rings. The van der Waals surface area contributed by atoms with Crippen LogP contribution in [-0.4, -0.2) is 10.9 Å². The van der Waals surface area contributed by atoms with E-state index in [1.54, 1.807) is 13.0 Å². The standard InChI is InChI=1S/C10H9NO2/c1-6-3-4-8(7(2)12)10(13)9(6)5-11/h3-4,13H,1-2H3. The molecule has 0 atom stereocenters. The monoisotopic (exact) mass is 175 g/mol. The number of phenols is 1. The van der Waals surface area contributed by atoms with Crippen molar-refractivity contribution < 1.29 is 9.90 Å². The number of carbonyl (C=O) groups is 1. The number of nitriles is 1. The Hall–Kier alpha value is -1.82. The molecule has 0 heterocycles. The van der Waals surface area contributed by atoms with Crippen LogP contribution in [0.1, 0.15) is 28.4 Å². The van der Waals surface area contributed by atoms with Crippen molar-refractivity contribution in [1.82, 2.24) is 0 Å². The van der Waals surface area contributed by atoms with Gasteiger partial charge in [0.05, 0.1) is 11.1 Å². The van der Waals surface area contributed by atoms with Crippen LogP contribution in [0.2, 0.25) is 0 Å². The van der Waals surface area contributed by atoms with Gasteiger partial charge in [0.2, 0.25) is 0 Å². The molecule has 3 heteroatoms. The third-order valence-electron chi connectivity index (χ3n) is 1.88. The van der Waals surface area contributed by atoms with Gasteiger partial charge in [-0.1, -0.05) is 6.07 Å². The van der Waals surface area contributed by atoms with Crippen molar-refractivity contribution >= 4 is 5.78 Å². The van der Waals surface area contributed by atoms with E-state index in [4.69, 9.17) is 5.26 Å². The lowest BCUT2D eigenvalue weighted by atomic mass is 10.0. The summed E-state index contributed by atoms with van der Waals surface area (Å²) in [6.45, 7) is 3.06. The molecule has 0 amide bonds. The highest BCUT2D eigenvalue weighted by molar-refractivity contribution is 5.97. The second-order valence-electron chi connectivity index (χ2n) is 2.82. The van der Waals surface area contributed by atoms with Gasteiger partial charge in [-0.05, 0) is 25.5 Å². The topological polar surface area (TPSA) is 61.1 Å². The number of aryl methyl sites for hydroxylation is 1. The van der Waals surface area contributed by atoms with Crippen LogP contribution in [0.4, 0.5) is 0 Å². The van der Waals surface area contributed by atoms with Gasteiger partial charge in [-0.25, -0.2) is 0 Å². The molecule has 66 valence electrons. The molecule has 0 spiro atoms. The third kappa shape index (κ3) is 1.52. The summed E-state index contributed by atoms with van der Waals surface area (Å²) >= 11 is 0. The van der Waals surface area contributed by atoms with E-state index in [1.807, 2.05) is 6.07 Å². The van der Waals surface area contributed by atoms with Crippen LogP contribution in [0.5, 0.6) is 5.75 Å². The highest BCUT2D eigenvalue weighted by Crippen LogP contribution is 2.25. The normalized spacial score (nSPS) is 9.31. The first kappa shape index (κ1) is 9.27. The quantitative estimate of drug-likeness (QED) is 0.661. The molecule has 0 fully saturated rings. The van der Waals surface area contributed by atoms with E-state index < -0.39 is 0 Å². The van der Waals surface area contributed by atoms with Crippen molar-refractivity contribution in [2.24, 2.45) is 0 Å². The largest absolute Gasteiger partial charge is 0.506 e. The Morgan fingerprint density at radius 3 is 2.62 bits per heavy atom. The summed E-state index contributed by atoms with van der Waals surface area (Å²) in [6.07, 6.45) is 0. The van der Waals surface area contributed by atoms with Gasteiger partial charge in [-0.3, -0.25) is 4.79 Å². The molecule has 0 aliphatic rings. The van der Waals surface area contributed by atoms with Crippen LogP contribution in [0, 0.1) is 18.3 Å². The number of nitrogens with zero attached hydrogens (tertiary/aromatic N) is 1. The Morgan fingerprint density at radius 1 is 1.54 bits per heavy atom. The highest BCUT2D eigenvalue weighted by atomic mass is 16.3. The fraction of sp³-hybridized carbons (Fsp3) is 0.200. The first-order valence-corrected chi connectivity index (χ1v) is 3.81. The lowest BCUT2D eigenvalue weighted by Gasteiger charge is -2.04. The molecule has 0 aliphatic heterocycles. The van der Waals surface area contributed by atoms with Crippen molar-refractivity contribution in [3.8, 4) is 11.8 Å². The van der Waals surface area contributed by atoms with Gasteiger partial charge in [-0.2, -0.15) is 5.26 Å². The zero-order chi connectivity index (χ0) is 10.0. The van der Waals surface area contributed by atoms with Crippen molar-refractivity contribution in [2.45, 2.75) is 13.8 Å². The van der Waals surface area contributed by atoms with E-state index in [0.29, 0.717) is 5.56 Å². The lowest BCUT2D eigenvalue weighted by Crippen LogP contribution is -1.95. The molecule has 13 heavy (non-hydrogen) atoms. The minimum absolute atomic E-state index is 0.174. The van der Waals surface area contributed by atoms with Crippen molar-refractivity contribution in [3.63, 3.8) is 0 Å². The van der Waals surface area contributed by atoms with Crippen molar-refractivity contribution in [2.75, 3.05) is 0 Å². The van der Waals surface area contributed by atoms with Crippen molar-refractivity contribution in [3.05, 3.63) is 28.8 Å². The molecule has 0 unspecified atom stereocenters. The zero-order valence-corrected chi connectivity index (χ0v) is 7.46. The number of Topliss-reactive ketones (excluding diaryl/α,β-unsaturated/α-hetero) is 1. The molecule has 0 bridgehead atoms. The second kappa shape index (κ2) is 3.28. The maximum absolute atomic E-state index is 11.0. The molecule has 0 aliphatic carbocycles. The van der Waals surface area contributed by atoms with E-state index in [0.717, 1.165) is 0 Å². The fourth-order valence-corrected chi connectivity index (χ4v) is 1.12. The number of carbonyl (C=O) groups excluding carboxylic acids is 1. The maximum atomic E-state index is 11.0. The molecule has 0 saturated heterocycles. The molecule has 0 saturated carbocycles. The van der Waals surface area contributed by atoms with Gasteiger partial charge in [0.25, 0.3) is 0 Å². The van der Waals surface area contributed by atoms with Crippen LogP contribution in [0.25, 0.3) is 0 Å². The molecular weight excluding hydrogens is 166 g/mol. The predicted octanol–water partition coefficient (Wildman–Crippen LogP) is 1.77. The van der Waals surface area contributed by atoms with Crippen LogP contribution in [0.3, 0.4) is 0 Å². The van der Waals surface area contributed by atoms with Gasteiger partial charge in [-0.15, -0.1) is 0 Å². The van der Waals surface area contributed by atoms with Crippen LogP contribution >= 0.6 is 0 Å². The summed E-state index contributed by atoms with van der Waals surface area (Å²) in [7, 11) is 0. The molecule has 1 N–H and O–H groups in total. The molecule has 3 nitrogen and oxygen atoms in total. The average Bonchev–Trinajstić information content (AvgIpc) is 2.04. The van der Waals surface area contributed by atoms with Crippen molar-refractivity contribution in [1.29, 1.82) is 5.26 Å². The van der Waals surface area contributed by atoms with E-state index in [1.165, 1.54) is 13.0 Å². The zero-order valence-electron chi connectivity index (χ0n) is 7.46. The van der Waals surface area contributed by atoms with Crippen LogP contribution in [-0.2, 0) is 0 Å². The SMILES string of the molecule is CC(=O)c1ccc(C)c(C#N)c1O. The van der Waals surface area contributed by atoms with Crippen LogP contribution < -0.4 is 0 Å². The average molecular weight is 175 g/mol. The summed E-state index contributed by atoms with van der Waals surface area (Å²) in [5.74, 6) is -0.455. The second-order valence-corrected chi connectivity index (χ2v) is 2.82. The van der Waals surface area contributed by atoms with Crippen LogP contribution in [0.15, 0.2) is 12.1 Å². The Balaban J connectivity index is 3.47. The predicted molar refractivity (Wildman–Crippen MR) is 47.6 cm³/mol. The summed E-state index contributed by atoms with van der Waals surface area (Å²) in [5.41, 5.74) is 1.04. The van der Waals surface area contributed by atoms with Gasteiger partial charge in [0, 0.05) is 0 Å². The molecule has 1 rings (SSSR count). The first-order valence-electron chi connectivity index (χ1n) is 3.81. The number of hydrogen-bond acceptors (Lipinski definition) is 3. The molecular formula is C10H9NO2. The Morgan fingerprint density at radius 2 is 2.15 bits per heavy atom. The molecule has 1 aromatic carbocycles. The number of ketones is 1. The molecule has 0 aromatic heterocycles. The third-order valence-corrected chi connectivity index (χ3v) is 1.88. The minimum atomic E-state index is -0.242. The number of benzene rings is 1. The van der Waals surface area contributed by atoms with E-state index >= 15 is 0 Å². The summed E-state index contributed by atoms with van der Waals surface area (Å²) in [6, 6.07) is 5.03. The maximum Gasteiger partial charge on any atom is 0.163 e. The minimum Gasteiger partial charge on any atom is -0.506 e. The number of rotatable bonds is 1. The first-order chi connectivity index (χ1) is 6.07.